The number of rotatable bonds is 4. The van der Waals surface area contributed by atoms with Crippen molar-refractivity contribution < 1.29 is 22.8 Å². The van der Waals surface area contributed by atoms with Crippen LogP contribution in [0, 0.1) is 0 Å². The summed E-state index contributed by atoms with van der Waals surface area (Å²) in [4.78, 5) is 13.0. The van der Waals surface area contributed by atoms with Crippen LogP contribution in [0.2, 0.25) is 0 Å². The highest BCUT2D eigenvalue weighted by Gasteiger charge is 2.31. The highest BCUT2D eigenvalue weighted by molar-refractivity contribution is 9.10. The molecule has 4 rings (SSSR count). The molecule has 4 nitrogen and oxygen atoms in total. The second-order valence-electron chi connectivity index (χ2n) is 7.06. The fourth-order valence-electron chi connectivity index (χ4n) is 3.42. The standard InChI is InChI=1S/C24H16BrF3N2O2/c25-19-11-9-16(10-12-19)5-4-14-30-20-8-1-2-13-29(20)22(31)21(23(30)32)17-6-3-7-18(15-17)24(26,27)28/h1-13,15H,14H2/b5-4+. The highest BCUT2D eigenvalue weighted by atomic mass is 79.9. The lowest BCUT2D eigenvalue weighted by Crippen LogP contribution is -2.43. The van der Waals surface area contributed by atoms with Crippen LogP contribution in [0.4, 0.5) is 13.2 Å². The fourth-order valence-corrected chi connectivity index (χ4v) is 3.68. The lowest BCUT2D eigenvalue weighted by Gasteiger charge is -2.17. The fraction of sp³-hybridized carbons (Fsp3) is 0.0833. The summed E-state index contributed by atoms with van der Waals surface area (Å²) >= 11 is 3.37. The summed E-state index contributed by atoms with van der Waals surface area (Å²) in [5.74, 6) is -0.652. The molecule has 0 unspecified atom stereocenters. The molecule has 0 aliphatic heterocycles. The minimum absolute atomic E-state index is 0.0706. The van der Waals surface area contributed by atoms with Crippen molar-refractivity contribution in [3.05, 3.63) is 105 Å². The Bertz CT molecular complexity index is 1380. The third kappa shape index (κ3) is 4.31. The van der Waals surface area contributed by atoms with Crippen molar-refractivity contribution in [3.63, 3.8) is 0 Å². The first-order chi connectivity index (χ1) is 15.3. The molecule has 4 aromatic rings. The summed E-state index contributed by atoms with van der Waals surface area (Å²) in [5, 5.41) is 13.3. The summed E-state index contributed by atoms with van der Waals surface area (Å²) in [7, 11) is 0. The van der Waals surface area contributed by atoms with Crippen LogP contribution in [-0.4, -0.2) is 4.40 Å². The van der Waals surface area contributed by atoms with Gasteiger partial charge in [-0.05, 0) is 47.5 Å². The van der Waals surface area contributed by atoms with Crippen molar-refractivity contribution in [2.75, 3.05) is 0 Å². The van der Waals surface area contributed by atoms with Gasteiger partial charge in [-0.2, -0.15) is 17.6 Å². The predicted molar refractivity (Wildman–Crippen MR) is 117 cm³/mol. The Morgan fingerprint density at radius 2 is 1.78 bits per heavy atom. The molecule has 0 amide bonds. The monoisotopic (exact) mass is 500 g/mol. The Morgan fingerprint density at radius 1 is 1.03 bits per heavy atom. The van der Waals surface area contributed by atoms with Crippen LogP contribution in [0.25, 0.3) is 22.9 Å². The first kappa shape index (κ1) is 21.8. The zero-order valence-corrected chi connectivity index (χ0v) is 18.1. The van der Waals surface area contributed by atoms with Gasteiger partial charge in [-0.25, -0.2) is 9.36 Å². The summed E-state index contributed by atoms with van der Waals surface area (Å²) < 4.78 is 43.1. The van der Waals surface area contributed by atoms with Crippen molar-refractivity contribution in [2.45, 2.75) is 12.7 Å². The van der Waals surface area contributed by atoms with E-state index < -0.39 is 23.2 Å². The van der Waals surface area contributed by atoms with E-state index in [2.05, 4.69) is 15.9 Å². The van der Waals surface area contributed by atoms with Gasteiger partial charge in [0.15, 0.2) is 0 Å². The van der Waals surface area contributed by atoms with Crippen LogP contribution in [0.1, 0.15) is 11.1 Å². The van der Waals surface area contributed by atoms with Crippen LogP contribution < -0.4 is 15.2 Å². The number of hydrogen-bond donors (Lipinski definition) is 0. The second-order valence-corrected chi connectivity index (χ2v) is 7.97. The Hall–Kier alpha value is -3.39. The average Bonchev–Trinajstić information content (AvgIpc) is 2.77. The van der Waals surface area contributed by atoms with Crippen LogP contribution in [0.5, 0.6) is 5.88 Å². The lowest BCUT2D eigenvalue weighted by atomic mass is 10.0. The number of aromatic nitrogens is 2. The Labute approximate surface area is 189 Å². The van der Waals surface area contributed by atoms with Gasteiger partial charge in [-0.1, -0.05) is 52.3 Å². The van der Waals surface area contributed by atoms with Gasteiger partial charge >= 0.3 is 11.7 Å². The number of allylic oxidation sites excluding steroid dienone is 1. The van der Waals surface area contributed by atoms with Crippen LogP contribution in [0.15, 0.2) is 88.3 Å². The molecule has 0 radical (unpaired) electrons. The van der Waals surface area contributed by atoms with Crippen molar-refractivity contribution in [3.8, 4) is 17.0 Å². The molecule has 8 heteroatoms. The zero-order valence-electron chi connectivity index (χ0n) is 16.5. The van der Waals surface area contributed by atoms with Crippen LogP contribution in [-0.2, 0) is 12.7 Å². The number of alkyl halides is 3. The van der Waals surface area contributed by atoms with Gasteiger partial charge in [0.2, 0.25) is 0 Å². The molecule has 0 bridgehead atoms. The molecule has 0 aliphatic carbocycles. The third-order valence-electron chi connectivity index (χ3n) is 4.95. The van der Waals surface area contributed by atoms with Crippen LogP contribution >= 0.6 is 15.9 Å². The van der Waals surface area contributed by atoms with Crippen molar-refractivity contribution in [1.29, 1.82) is 0 Å². The summed E-state index contributed by atoms with van der Waals surface area (Å²) in [5.41, 5.74) is -0.710. The molecule has 2 aromatic carbocycles. The quantitative estimate of drug-likeness (QED) is 0.377. The zero-order chi connectivity index (χ0) is 22.9. The van der Waals surface area contributed by atoms with Crippen molar-refractivity contribution >= 4 is 27.7 Å². The van der Waals surface area contributed by atoms with Gasteiger partial charge in [0.1, 0.15) is 12.1 Å². The number of fused-ring (bicyclic) bond motifs is 1. The number of pyridine rings is 1. The van der Waals surface area contributed by atoms with Gasteiger partial charge in [-0.3, -0.25) is 0 Å². The van der Waals surface area contributed by atoms with E-state index in [-0.39, 0.29) is 17.7 Å². The molecule has 2 heterocycles. The third-order valence-corrected chi connectivity index (χ3v) is 5.48. The number of hydrogen-bond acceptors (Lipinski definition) is 2. The van der Waals surface area contributed by atoms with E-state index in [1.54, 1.807) is 24.3 Å². The number of nitrogens with zero attached hydrogens (tertiary/aromatic N) is 2. The number of benzene rings is 2. The van der Waals surface area contributed by atoms with E-state index in [0.29, 0.717) is 5.65 Å². The molecule has 2 aromatic heterocycles. The molecule has 32 heavy (non-hydrogen) atoms. The molecule has 0 aliphatic rings. The molecule has 0 atom stereocenters. The molecular formula is C24H16BrF3N2O2. The maximum absolute atomic E-state index is 13.3. The van der Waals surface area contributed by atoms with Crippen molar-refractivity contribution in [2.24, 2.45) is 0 Å². The Balaban J connectivity index is 1.85. The lowest BCUT2D eigenvalue weighted by molar-refractivity contribution is -0.706. The van der Waals surface area contributed by atoms with E-state index in [1.807, 2.05) is 30.3 Å². The van der Waals surface area contributed by atoms with E-state index in [1.165, 1.54) is 27.3 Å². The Kier molecular flexibility index (Phi) is 5.88. The minimum Gasteiger partial charge on any atom is -0.842 e. The molecular weight excluding hydrogens is 485 g/mol. The van der Waals surface area contributed by atoms with Gasteiger partial charge in [0, 0.05) is 10.5 Å². The highest BCUT2D eigenvalue weighted by Crippen LogP contribution is 2.32. The summed E-state index contributed by atoms with van der Waals surface area (Å²) in [6.45, 7) is 0.134. The summed E-state index contributed by atoms with van der Waals surface area (Å²) in [6, 6.07) is 16.7. The molecule has 162 valence electrons. The van der Waals surface area contributed by atoms with Gasteiger partial charge in [0.05, 0.1) is 17.6 Å². The molecule has 0 spiro atoms. The van der Waals surface area contributed by atoms with E-state index in [4.69, 9.17) is 0 Å². The predicted octanol–water partition coefficient (Wildman–Crippen LogP) is 4.82. The maximum Gasteiger partial charge on any atom is 0.416 e. The molecule has 0 saturated heterocycles. The molecule has 0 N–H and O–H groups in total. The van der Waals surface area contributed by atoms with E-state index in [0.717, 1.165) is 22.2 Å². The normalized spacial score (nSPS) is 12.0. The van der Waals surface area contributed by atoms with Gasteiger partial charge < -0.3 is 5.11 Å². The first-order valence-electron chi connectivity index (χ1n) is 9.59. The van der Waals surface area contributed by atoms with E-state index >= 15 is 0 Å². The largest absolute Gasteiger partial charge is 0.842 e. The SMILES string of the molecule is O=c1c(-c2cccc(C(F)(F)F)c2)c([O-])[n+](C/C=C/c2ccc(Br)cc2)c2ccccn12. The number of halogens is 4. The van der Waals surface area contributed by atoms with Gasteiger partial charge in [-0.15, -0.1) is 0 Å². The Morgan fingerprint density at radius 3 is 2.50 bits per heavy atom. The summed E-state index contributed by atoms with van der Waals surface area (Å²) in [6.07, 6.45) is 0.490. The van der Waals surface area contributed by atoms with Gasteiger partial charge in [0.25, 0.3) is 5.65 Å². The maximum atomic E-state index is 13.3. The molecule has 0 fully saturated rings. The smallest absolute Gasteiger partial charge is 0.416 e. The topological polar surface area (TPSA) is 48.4 Å². The van der Waals surface area contributed by atoms with Crippen LogP contribution in [0.3, 0.4) is 0 Å². The molecule has 0 saturated carbocycles. The first-order valence-corrected chi connectivity index (χ1v) is 10.4. The minimum atomic E-state index is -4.59. The van der Waals surface area contributed by atoms with E-state index in [9.17, 15) is 23.1 Å². The second kappa shape index (κ2) is 8.63. The average molecular weight is 501 g/mol. The van der Waals surface area contributed by atoms with Crippen molar-refractivity contribution in [1.82, 2.24) is 4.40 Å².